The van der Waals surface area contributed by atoms with Crippen LogP contribution in [0.1, 0.15) is 12.0 Å². The van der Waals surface area contributed by atoms with Gasteiger partial charge < -0.3 is 9.64 Å². The van der Waals surface area contributed by atoms with E-state index in [1.807, 2.05) is 29.2 Å². The number of ether oxygens (including phenoxy) is 1. The summed E-state index contributed by atoms with van der Waals surface area (Å²) in [4.78, 5) is 13.8. The second-order valence-corrected chi connectivity index (χ2v) is 4.56. The van der Waals surface area contributed by atoms with Crippen molar-refractivity contribution in [1.82, 2.24) is 4.90 Å². The van der Waals surface area contributed by atoms with Crippen LogP contribution in [0.4, 0.5) is 0 Å². The van der Waals surface area contributed by atoms with E-state index in [0.717, 1.165) is 30.1 Å². The Balaban J connectivity index is 1.81. The van der Waals surface area contributed by atoms with Crippen molar-refractivity contribution in [2.75, 3.05) is 26.3 Å². The molecule has 17 heavy (non-hydrogen) atoms. The van der Waals surface area contributed by atoms with E-state index in [0.29, 0.717) is 19.6 Å². The first-order chi connectivity index (χ1) is 8.25. The molecule has 3 nitrogen and oxygen atoms in total. The van der Waals surface area contributed by atoms with Crippen LogP contribution in [0, 0.1) is 0 Å². The minimum absolute atomic E-state index is 0.211. The first kappa shape index (κ1) is 12.4. The van der Waals surface area contributed by atoms with E-state index in [1.165, 1.54) is 0 Å². The molecule has 92 valence electrons. The van der Waals surface area contributed by atoms with Crippen LogP contribution in [0.15, 0.2) is 24.3 Å². The predicted molar refractivity (Wildman–Crippen MR) is 67.2 cm³/mol. The molecule has 0 unspecified atom stereocenters. The van der Waals surface area contributed by atoms with Crippen molar-refractivity contribution >= 4 is 17.5 Å². The van der Waals surface area contributed by atoms with Crippen LogP contribution >= 0.6 is 11.6 Å². The number of morpholine rings is 1. The number of hydrogen-bond donors (Lipinski definition) is 0. The van der Waals surface area contributed by atoms with Gasteiger partial charge in [0.15, 0.2) is 0 Å². The van der Waals surface area contributed by atoms with Gasteiger partial charge in [-0.15, -0.1) is 0 Å². The van der Waals surface area contributed by atoms with Crippen molar-refractivity contribution in [1.29, 1.82) is 0 Å². The van der Waals surface area contributed by atoms with Gasteiger partial charge in [-0.1, -0.05) is 23.7 Å². The topological polar surface area (TPSA) is 29.5 Å². The van der Waals surface area contributed by atoms with Crippen molar-refractivity contribution in [3.8, 4) is 0 Å². The molecule has 1 aromatic rings. The molecule has 0 spiro atoms. The van der Waals surface area contributed by atoms with E-state index in [4.69, 9.17) is 16.3 Å². The Morgan fingerprint density at radius 1 is 1.24 bits per heavy atom. The third-order valence-electron chi connectivity index (χ3n) is 2.90. The van der Waals surface area contributed by atoms with Gasteiger partial charge in [0.25, 0.3) is 0 Å². The normalized spacial score (nSPS) is 15.9. The van der Waals surface area contributed by atoms with Crippen molar-refractivity contribution in [2.45, 2.75) is 12.8 Å². The first-order valence-electron chi connectivity index (χ1n) is 5.85. The van der Waals surface area contributed by atoms with E-state index in [1.54, 1.807) is 0 Å². The Morgan fingerprint density at radius 3 is 2.53 bits per heavy atom. The number of halogens is 1. The predicted octanol–water partition coefficient (Wildman–Crippen LogP) is 2.13. The van der Waals surface area contributed by atoms with Gasteiger partial charge in [-0.2, -0.15) is 0 Å². The van der Waals surface area contributed by atoms with Crippen molar-refractivity contribution < 1.29 is 9.53 Å². The highest BCUT2D eigenvalue weighted by Gasteiger charge is 2.16. The SMILES string of the molecule is O=C(CCc1ccc(Cl)cc1)N1CCOCC1. The molecular formula is C13H16ClNO2. The second-order valence-electron chi connectivity index (χ2n) is 4.12. The lowest BCUT2D eigenvalue weighted by molar-refractivity contribution is -0.135. The summed E-state index contributed by atoms with van der Waals surface area (Å²) in [6, 6.07) is 7.65. The lowest BCUT2D eigenvalue weighted by Crippen LogP contribution is -2.40. The molecule has 2 rings (SSSR count). The zero-order valence-electron chi connectivity index (χ0n) is 9.69. The monoisotopic (exact) mass is 253 g/mol. The summed E-state index contributed by atoms with van der Waals surface area (Å²) in [6.45, 7) is 2.76. The van der Waals surface area contributed by atoms with Crippen LogP contribution in [-0.4, -0.2) is 37.1 Å². The van der Waals surface area contributed by atoms with E-state index in [2.05, 4.69) is 0 Å². The Labute approximate surface area is 106 Å². The number of benzene rings is 1. The Morgan fingerprint density at radius 2 is 1.88 bits per heavy atom. The molecule has 1 aliphatic heterocycles. The summed E-state index contributed by atoms with van der Waals surface area (Å²) >= 11 is 5.81. The molecule has 1 saturated heterocycles. The van der Waals surface area contributed by atoms with Crippen molar-refractivity contribution in [2.24, 2.45) is 0 Å². The quantitative estimate of drug-likeness (QED) is 0.826. The minimum Gasteiger partial charge on any atom is -0.378 e. The summed E-state index contributed by atoms with van der Waals surface area (Å²) in [6.07, 6.45) is 1.33. The van der Waals surface area contributed by atoms with Crippen LogP contribution < -0.4 is 0 Å². The largest absolute Gasteiger partial charge is 0.378 e. The molecule has 1 aromatic carbocycles. The summed E-state index contributed by atoms with van der Waals surface area (Å²) in [5.41, 5.74) is 1.15. The molecule has 0 aromatic heterocycles. The third-order valence-corrected chi connectivity index (χ3v) is 3.16. The highest BCUT2D eigenvalue weighted by atomic mass is 35.5. The molecule has 1 aliphatic rings. The molecule has 1 amide bonds. The Bertz CT molecular complexity index is 372. The number of rotatable bonds is 3. The Kier molecular flexibility index (Phi) is 4.40. The smallest absolute Gasteiger partial charge is 0.223 e. The van der Waals surface area contributed by atoms with Gasteiger partial charge in [0.05, 0.1) is 13.2 Å². The number of carbonyl (C=O) groups excluding carboxylic acids is 1. The van der Waals surface area contributed by atoms with Crippen LogP contribution in [0.5, 0.6) is 0 Å². The average molecular weight is 254 g/mol. The minimum atomic E-state index is 0.211. The maximum Gasteiger partial charge on any atom is 0.223 e. The molecule has 0 radical (unpaired) electrons. The van der Waals surface area contributed by atoms with Gasteiger partial charge in [-0.3, -0.25) is 4.79 Å². The van der Waals surface area contributed by atoms with Crippen LogP contribution in [0.2, 0.25) is 5.02 Å². The van der Waals surface area contributed by atoms with Gasteiger partial charge in [-0.25, -0.2) is 0 Å². The zero-order valence-corrected chi connectivity index (χ0v) is 10.4. The van der Waals surface area contributed by atoms with Crippen molar-refractivity contribution in [3.05, 3.63) is 34.9 Å². The summed E-state index contributed by atoms with van der Waals surface area (Å²) in [7, 11) is 0. The molecule has 4 heteroatoms. The second kappa shape index (κ2) is 6.03. The van der Waals surface area contributed by atoms with Crippen LogP contribution in [0.25, 0.3) is 0 Å². The number of hydrogen-bond acceptors (Lipinski definition) is 2. The first-order valence-corrected chi connectivity index (χ1v) is 6.23. The van der Waals surface area contributed by atoms with E-state index < -0.39 is 0 Å². The summed E-state index contributed by atoms with van der Waals surface area (Å²) in [5, 5.41) is 0.730. The van der Waals surface area contributed by atoms with Gasteiger partial charge in [-0.05, 0) is 24.1 Å². The molecule has 0 saturated carbocycles. The van der Waals surface area contributed by atoms with Gasteiger partial charge in [0, 0.05) is 24.5 Å². The van der Waals surface area contributed by atoms with Gasteiger partial charge >= 0.3 is 0 Å². The highest BCUT2D eigenvalue weighted by Crippen LogP contribution is 2.11. The zero-order chi connectivity index (χ0) is 12.1. The molecule has 0 aliphatic carbocycles. The standard InChI is InChI=1S/C13H16ClNO2/c14-12-4-1-11(2-5-12)3-6-13(16)15-7-9-17-10-8-15/h1-2,4-5H,3,6-10H2. The van der Waals surface area contributed by atoms with E-state index >= 15 is 0 Å². The number of nitrogens with zero attached hydrogens (tertiary/aromatic N) is 1. The van der Waals surface area contributed by atoms with E-state index in [-0.39, 0.29) is 5.91 Å². The maximum atomic E-state index is 11.9. The Hall–Kier alpha value is -1.06. The maximum absolute atomic E-state index is 11.9. The summed E-state index contributed by atoms with van der Waals surface area (Å²) < 4.78 is 5.22. The fourth-order valence-electron chi connectivity index (χ4n) is 1.87. The number of aryl methyl sites for hydroxylation is 1. The lowest BCUT2D eigenvalue weighted by Gasteiger charge is -2.26. The van der Waals surface area contributed by atoms with Gasteiger partial charge in [0.1, 0.15) is 0 Å². The highest BCUT2D eigenvalue weighted by molar-refractivity contribution is 6.30. The molecule has 0 bridgehead atoms. The molecule has 1 heterocycles. The fraction of sp³-hybridized carbons (Fsp3) is 0.462. The van der Waals surface area contributed by atoms with E-state index in [9.17, 15) is 4.79 Å². The van der Waals surface area contributed by atoms with Gasteiger partial charge in [0.2, 0.25) is 5.91 Å². The molecule has 1 fully saturated rings. The van der Waals surface area contributed by atoms with Crippen LogP contribution in [0.3, 0.4) is 0 Å². The van der Waals surface area contributed by atoms with Crippen molar-refractivity contribution in [3.63, 3.8) is 0 Å². The van der Waals surface area contributed by atoms with Crippen LogP contribution in [-0.2, 0) is 16.0 Å². The fourth-order valence-corrected chi connectivity index (χ4v) is 2.00. The lowest BCUT2D eigenvalue weighted by atomic mass is 10.1. The number of amides is 1. The average Bonchev–Trinajstić information content (AvgIpc) is 2.39. The summed E-state index contributed by atoms with van der Waals surface area (Å²) in [5.74, 6) is 0.211. The molecule has 0 N–H and O–H groups in total. The third kappa shape index (κ3) is 3.72. The molecule has 0 atom stereocenters. The molecular weight excluding hydrogens is 238 g/mol. The number of carbonyl (C=O) groups is 1.